The van der Waals surface area contributed by atoms with Crippen LogP contribution in [0.4, 0.5) is 0 Å². The highest BCUT2D eigenvalue weighted by atomic mass is 16.5. The van der Waals surface area contributed by atoms with Gasteiger partial charge in [-0.1, -0.05) is 0 Å². The SMILES string of the molecule is CCn1nccc1CNCC1(OC)CCOC1. The van der Waals surface area contributed by atoms with E-state index in [-0.39, 0.29) is 5.60 Å². The van der Waals surface area contributed by atoms with Crippen molar-refractivity contribution in [2.24, 2.45) is 0 Å². The van der Waals surface area contributed by atoms with Crippen LogP contribution in [0.1, 0.15) is 19.0 Å². The number of rotatable bonds is 6. The van der Waals surface area contributed by atoms with E-state index in [1.54, 1.807) is 7.11 Å². The fourth-order valence-corrected chi connectivity index (χ4v) is 2.17. The fourth-order valence-electron chi connectivity index (χ4n) is 2.17. The molecular weight excluding hydrogens is 218 g/mol. The molecule has 96 valence electrons. The lowest BCUT2D eigenvalue weighted by Crippen LogP contribution is -2.42. The highest BCUT2D eigenvalue weighted by Crippen LogP contribution is 2.21. The van der Waals surface area contributed by atoms with E-state index < -0.39 is 0 Å². The van der Waals surface area contributed by atoms with Crippen molar-refractivity contribution in [3.8, 4) is 0 Å². The Labute approximate surface area is 102 Å². The van der Waals surface area contributed by atoms with Crippen LogP contribution in [-0.2, 0) is 22.6 Å². The number of aromatic nitrogens is 2. The Morgan fingerprint density at radius 1 is 1.65 bits per heavy atom. The zero-order chi connectivity index (χ0) is 12.1. The lowest BCUT2D eigenvalue weighted by atomic mass is 10.0. The van der Waals surface area contributed by atoms with Crippen LogP contribution < -0.4 is 5.32 Å². The van der Waals surface area contributed by atoms with Gasteiger partial charge in [0.2, 0.25) is 0 Å². The predicted molar refractivity (Wildman–Crippen MR) is 64.8 cm³/mol. The largest absolute Gasteiger partial charge is 0.378 e. The first-order valence-electron chi connectivity index (χ1n) is 6.14. The summed E-state index contributed by atoms with van der Waals surface area (Å²) in [5, 5.41) is 7.67. The van der Waals surface area contributed by atoms with Gasteiger partial charge < -0.3 is 14.8 Å². The molecule has 1 aromatic heterocycles. The Hall–Kier alpha value is -0.910. The van der Waals surface area contributed by atoms with Gasteiger partial charge in [0.15, 0.2) is 0 Å². The third-order valence-electron chi connectivity index (χ3n) is 3.36. The number of methoxy groups -OCH3 is 1. The van der Waals surface area contributed by atoms with Crippen LogP contribution >= 0.6 is 0 Å². The molecule has 0 aromatic carbocycles. The van der Waals surface area contributed by atoms with Crippen molar-refractivity contribution >= 4 is 0 Å². The zero-order valence-corrected chi connectivity index (χ0v) is 10.6. The third kappa shape index (κ3) is 2.86. The Morgan fingerprint density at radius 2 is 2.53 bits per heavy atom. The molecule has 1 fully saturated rings. The lowest BCUT2D eigenvalue weighted by Gasteiger charge is -2.26. The van der Waals surface area contributed by atoms with E-state index >= 15 is 0 Å². The van der Waals surface area contributed by atoms with Gasteiger partial charge in [0.25, 0.3) is 0 Å². The van der Waals surface area contributed by atoms with Crippen molar-refractivity contribution in [1.82, 2.24) is 15.1 Å². The van der Waals surface area contributed by atoms with Crippen molar-refractivity contribution in [3.05, 3.63) is 18.0 Å². The van der Waals surface area contributed by atoms with Gasteiger partial charge in [-0.25, -0.2) is 0 Å². The molecule has 1 aliphatic rings. The van der Waals surface area contributed by atoms with Gasteiger partial charge in [-0.2, -0.15) is 5.10 Å². The second-order valence-corrected chi connectivity index (χ2v) is 4.43. The van der Waals surface area contributed by atoms with Gasteiger partial charge >= 0.3 is 0 Å². The average molecular weight is 239 g/mol. The minimum absolute atomic E-state index is 0.142. The zero-order valence-electron chi connectivity index (χ0n) is 10.6. The molecule has 1 saturated heterocycles. The van der Waals surface area contributed by atoms with E-state index in [4.69, 9.17) is 9.47 Å². The van der Waals surface area contributed by atoms with Crippen molar-refractivity contribution in [3.63, 3.8) is 0 Å². The van der Waals surface area contributed by atoms with Gasteiger partial charge in [-0.15, -0.1) is 0 Å². The first-order chi connectivity index (χ1) is 8.29. The number of nitrogens with one attached hydrogen (secondary N) is 1. The highest BCUT2D eigenvalue weighted by Gasteiger charge is 2.34. The molecule has 1 unspecified atom stereocenters. The summed E-state index contributed by atoms with van der Waals surface area (Å²) >= 11 is 0. The fraction of sp³-hybridized carbons (Fsp3) is 0.750. The molecule has 0 radical (unpaired) electrons. The molecule has 5 nitrogen and oxygen atoms in total. The van der Waals surface area contributed by atoms with E-state index in [0.717, 1.165) is 32.7 Å². The molecule has 1 N–H and O–H groups in total. The summed E-state index contributed by atoms with van der Waals surface area (Å²) in [4.78, 5) is 0. The number of ether oxygens (including phenoxy) is 2. The smallest absolute Gasteiger partial charge is 0.106 e. The molecule has 0 saturated carbocycles. The number of aryl methyl sites for hydroxylation is 1. The molecule has 0 bridgehead atoms. The summed E-state index contributed by atoms with van der Waals surface area (Å²) < 4.78 is 13.0. The summed E-state index contributed by atoms with van der Waals surface area (Å²) in [5.41, 5.74) is 1.06. The summed E-state index contributed by atoms with van der Waals surface area (Å²) in [6.45, 7) is 6.11. The molecule has 2 heterocycles. The molecule has 17 heavy (non-hydrogen) atoms. The molecular formula is C12H21N3O2. The van der Waals surface area contributed by atoms with E-state index in [0.29, 0.717) is 6.61 Å². The summed E-state index contributed by atoms with van der Waals surface area (Å²) in [7, 11) is 1.76. The monoisotopic (exact) mass is 239 g/mol. The van der Waals surface area contributed by atoms with Crippen molar-refractivity contribution in [1.29, 1.82) is 0 Å². The molecule has 1 atom stereocenters. The van der Waals surface area contributed by atoms with Crippen LogP contribution in [0.2, 0.25) is 0 Å². The summed E-state index contributed by atoms with van der Waals surface area (Å²) in [5.74, 6) is 0. The van der Waals surface area contributed by atoms with E-state index in [2.05, 4.69) is 17.3 Å². The Balaban J connectivity index is 1.82. The quantitative estimate of drug-likeness (QED) is 0.797. The number of hydrogen-bond acceptors (Lipinski definition) is 4. The maximum Gasteiger partial charge on any atom is 0.106 e. The van der Waals surface area contributed by atoms with Gasteiger partial charge in [-0.05, 0) is 13.0 Å². The Morgan fingerprint density at radius 3 is 3.18 bits per heavy atom. The maximum atomic E-state index is 5.56. The average Bonchev–Trinajstić information content (AvgIpc) is 2.98. The summed E-state index contributed by atoms with van der Waals surface area (Å²) in [6.07, 6.45) is 2.80. The standard InChI is InChI=1S/C12H21N3O2/c1-3-15-11(4-6-14-15)8-13-9-12(16-2)5-7-17-10-12/h4,6,13H,3,5,7-10H2,1-2H3. The topological polar surface area (TPSA) is 48.3 Å². The minimum Gasteiger partial charge on any atom is -0.378 e. The molecule has 0 amide bonds. The summed E-state index contributed by atoms with van der Waals surface area (Å²) in [6, 6.07) is 2.04. The molecule has 1 aromatic rings. The maximum absolute atomic E-state index is 5.56. The van der Waals surface area contributed by atoms with Gasteiger partial charge in [0.05, 0.1) is 12.3 Å². The van der Waals surface area contributed by atoms with Crippen LogP contribution in [-0.4, -0.2) is 42.2 Å². The first kappa shape index (κ1) is 12.5. The normalized spacial score (nSPS) is 24.4. The van der Waals surface area contributed by atoms with Crippen LogP contribution in [0.3, 0.4) is 0 Å². The van der Waals surface area contributed by atoms with E-state index in [1.807, 2.05) is 16.9 Å². The number of nitrogens with zero attached hydrogens (tertiary/aromatic N) is 2. The molecule has 1 aliphatic heterocycles. The Bertz CT molecular complexity index is 345. The van der Waals surface area contributed by atoms with Crippen molar-refractivity contribution in [2.75, 3.05) is 26.9 Å². The predicted octanol–water partition coefficient (Wildman–Crippen LogP) is 0.798. The van der Waals surface area contributed by atoms with Crippen molar-refractivity contribution < 1.29 is 9.47 Å². The molecule has 0 aliphatic carbocycles. The second kappa shape index (κ2) is 5.62. The van der Waals surface area contributed by atoms with Gasteiger partial charge in [0, 0.05) is 46.0 Å². The van der Waals surface area contributed by atoms with Gasteiger partial charge in [-0.3, -0.25) is 4.68 Å². The van der Waals surface area contributed by atoms with Crippen LogP contribution in [0.5, 0.6) is 0 Å². The van der Waals surface area contributed by atoms with Crippen LogP contribution in [0.15, 0.2) is 12.3 Å². The van der Waals surface area contributed by atoms with Crippen molar-refractivity contribution in [2.45, 2.75) is 32.0 Å². The van der Waals surface area contributed by atoms with Crippen LogP contribution in [0, 0.1) is 0 Å². The van der Waals surface area contributed by atoms with Gasteiger partial charge in [0.1, 0.15) is 5.60 Å². The molecule has 2 rings (SSSR count). The molecule has 5 heteroatoms. The minimum atomic E-state index is -0.142. The highest BCUT2D eigenvalue weighted by molar-refractivity contribution is 5.00. The molecule has 0 spiro atoms. The third-order valence-corrected chi connectivity index (χ3v) is 3.36. The van der Waals surface area contributed by atoms with E-state index in [9.17, 15) is 0 Å². The number of hydrogen-bond donors (Lipinski definition) is 1. The lowest BCUT2D eigenvalue weighted by molar-refractivity contribution is -0.0160. The van der Waals surface area contributed by atoms with Crippen LogP contribution in [0.25, 0.3) is 0 Å². The first-order valence-corrected chi connectivity index (χ1v) is 6.14. The second-order valence-electron chi connectivity index (χ2n) is 4.43. The Kier molecular flexibility index (Phi) is 4.15. The van der Waals surface area contributed by atoms with E-state index in [1.165, 1.54) is 5.69 Å².